The van der Waals surface area contributed by atoms with E-state index < -0.39 is 170 Å². The Morgan fingerprint density at radius 3 is 1.22 bits per heavy atom. The predicted octanol–water partition coefficient (Wildman–Crippen LogP) is 15.7. The van der Waals surface area contributed by atoms with Crippen LogP contribution in [-0.2, 0) is 119 Å². The molecule has 2 saturated carbocycles. The summed E-state index contributed by atoms with van der Waals surface area (Å²) in [6, 6.07) is -1.42. The number of fused-ring (bicyclic) bond motifs is 6. The first kappa shape index (κ1) is 127. The maximum atomic E-state index is 14.6. The smallest absolute Gasteiger partial charge is 0.332 e. The van der Waals surface area contributed by atoms with Crippen LogP contribution in [0.15, 0.2) is 95.2 Å². The molecule has 0 unspecified atom stereocenters. The number of hydrogen-bond donors (Lipinski definition) is 5. The van der Waals surface area contributed by atoms with Crippen molar-refractivity contribution in [3.63, 3.8) is 0 Å². The Balaban J connectivity index is 0.000000402. The average molecular weight is 2100 g/mol. The van der Waals surface area contributed by atoms with Crippen LogP contribution in [0.25, 0.3) is 0 Å². The standard InChI is InChI=1S/C60H97NO15Si.C55H85NO15/c1-38-19-15-14-16-20-39(2)51(70-9)35-47-24-22-44(7)60(69,76-47)57(66)58(67)61-26-18-17-21-48(61)59(68)75-52(36-49(62)40(3)32-43(6)56(65)45(8)55(64)42(5)31-38)41(4)33-46-23-25-50(53(34-46)71-10)73-28-27-72-37-54(63)74-29-30-77(11,12)13;1-33-16-12-11-13-17-34(2)46(66-9)30-42-21-19-39(7)55(65,71-42)52(62)53(63)56-23-15-14-18-43(56)54(64)70-47(31-44(57)35(3)27-38(6)51(61)40(8)50(60)37(5)26-33)36(4)28-41-20-22-45(48(29-41)67-10)69-25-24-68-32-49(58)59/h14-16,19-20,32,38,40-42,44-48,50-53,56,65,69H,17-18,21-31,33-37H2,1-13H3;11-13,16-17,27,33,35-37,39-43,45-48,51,61,65H,14-15,18-26,28-32H2,1-10H3,(H,58,59)/b16-14?,19-15+,39-20?,43-32+;13-11?,16-12+,34-17?,38-27+/t38-,40-,41+,42-,44-,45+,46-,47+,48+,50-,51+,52+,53-,56-,60-;33-,35-,36+,37-,39-,40+,41-,42+,43+,45-,46+,47+,48-,51-,55-/m11/s1. The number of methoxy groups -OCH3 is 4. The second kappa shape index (κ2) is 62.1. The van der Waals surface area contributed by atoms with Crippen LogP contribution in [0.1, 0.15) is 265 Å². The summed E-state index contributed by atoms with van der Waals surface area (Å²) < 4.78 is 76.8. The number of cyclic esters (lactones) is 2. The van der Waals surface area contributed by atoms with E-state index in [-0.39, 0.29) is 167 Å². The third kappa shape index (κ3) is 38.8. The number of aliphatic hydroxyl groups is 4. The van der Waals surface area contributed by atoms with E-state index in [0.717, 1.165) is 30.0 Å². The Labute approximate surface area is 881 Å². The molecular weight excluding hydrogens is 1920 g/mol. The van der Waals surface area contributed by atoms with Crippen molar-refractivity contribution in [2.45, 2.75) is 387 Å². The van der Waals surface area contributed by atoms with Crippen molar-refractivity contribution in [2.75, 3.05) is 87.8 Å². The first-order valence-corrected chi connectivity index (χ1v) is 58.3. The van der Waals surface area contributed by atoms with Crippen molar-refractivity contribution in [3.8, 4) is 0 Å². The first-order valence-electron chi connectivity index (χ1n) is 54.6. The molecule has 0 radical (unpaired) electrons. The van der Waals surface area contributed by atoms with Crippen LogP contribution in [-0.4, -0.2) is 298 Å². The molecule has 0 aromatic rings. The number of Topliss-reactive ketones (excluding diaryl/α,β-unsaturated/α-hetero) is 6. The zero-order valence-electron chi connectivity index (χ0n) is 93.0. The number of allylic oxidation sites excluding steroid dienone is 12. The van der Waals surface area contributed by atoms with Gasteiger partial charge in [-0.15, -0.1) is 0 Å². The number of hydrogen-bond acceptors (Lipinski definition) is 29. The summed E-state index contributed by atoms with van der Waals surface area (Å²) in [6.07, 6.45) is 26.6. The Kier molecular flexibility index (Phi) is 53.4. The molecule has 8 aliphatic rings. The number of aliphatic carboxylic acids is 1. The number of amides is 2. The minimum Gasteiger partial charge on any atom is -0.480 e. The maximum absolute atomic E-state index is 14.6. The van der Waals surface area contributed by atoms with Gasteiger partial charge in [-0.25, -0.2) is 19.2 Å². The lowest BCUT2D eigenvalue weighted by atomic mass is 9.78. The summed E-state index contributed by atoms with van der Waals surface area (Å²) in [5.41, 5.74) is 2.73. The molecule has 5 N–H and O–H groups in total. The largest absolute Gasteiger partial charge is 0.480 e. The monoisotopic (exact) mass is 2100 g/mol. The van der Waals surface area contributed by atoms with Crippen molar-refractivity contribution in [3.05, 3.63) is 95.2 Å². The van der Waals surface area contributed by atoms with E-state index >= 15 is 0 Å². The van der Waals surface area contributed by atoms with Gasteiger partial charge in [-0.05, 0) is 220 Å². The average Bonchev–Trinajstić information content (AvgIpc) is 0.773. The van der Waals surface area contributed by atoms with Gasteiger partial charge in [-0.2, -0.15) is 0 Å². The number of esters is 3. The molecule has 30 atom stereocenters. The summed E-state index contributed by atoms with van der Waals surface area (Å²) in [5, 5.41) is 55.8. The molecule has 2 amide bonds. The second-order valence-corrected chi connectivity index (χ2v) is 50.8. The molecular formula is C115H182N2O30Si. The topological polar surface area (TPSA) is 432 Å². The molecule has 0 aromatic carbocycles. The molecule has 4 bridgehead atoms. The molecule has 836 valence electrons. The first-order chi connectivity index (χ1) is 69.9. The minimum absolute atomic E-state index is 0.0588. The van der Waals surface area contributed by atoms with Gasteiger partial charge >= 0.3 is 23.9 Å². The van der Waals surface area contributed by atoms with Crippen molar-refractivity contribution in [1.82, 2.24) is 9.80 Å². The van der Waals surface area contributed by atoms with Gasteiger partial charge in [-0.1, -0.05) is 176 Å². The molecule has 4 saturated heterocycles. The highest BCUT2D eigenvalue weighted by atomic mass is 28.3. The third-order valence-corrected chi connectivity index (χ3v) is 33.5. The van der Waals surface area contributed by atoms with Gasteiger partial charge in [0.05, 0.1) is 94.1 Å². The Morgan fingerprint density at radius 2 is 0.851 bits per heavy atom. The van der Waals surface area contributed by atoms with Gasteiger partial charge in [0.2, 0.25) is 11.6 Å². The van der Waals surface area contributed by atoms with Crippen LogP contribution in [0.4, 0.5) is 0 Å². The number of ether oxygens (including phenoxy) is 13. The zero-order chi connectivity index (χ0) is 110. The fourth-order valence-electron chi connectivity index (χ4n) is 22.1. The fourth-order valence-corrected chi connectivity index (χ4v) is 22.8. The van der Waals surface area contributed by atoms with Crippen LogP contribution >= 0.6 is 0 Å². The van der Waals surface area contributed by atoms with Crippen LogP contribution < -0.4 is 0 Å². The molecule has 0 spiro atoms. The lowest BCUT2D eigenvalue weighted by Gasteiger charge is -2.42. The van der Waals surface area contributed by atoms with Crippen molar-refractivity contribution < 1.29 is 145 Å². The van der Waals surface area contributed by atoms with Crippen LogP contribution in [0.5, 0.6) is 0 Å². The van der Waals surface area contributed by atoms with Gasteiger partial charge in [0.1, 0.15) is 60.6 Å². The van der Waals surface area contributed by atoms with E-state index in [1.54, 1.807) is 96.0 Å². The summed E-state index contributed by atoms with van der Waals surface area (Å²) >= 11 is 0. The molecule has 33 heteroatoms. The van der Waals surface area contributed by atoms with Gasteiger partial charge in [0.15, 0.2) is 0 Å². The Bertz CT molecular complexity index is 4570. The van der Waals surface area contributed by atoms with Crippen molar-refractivity contribution >= 4 is 78.5 Å². The highest BCUT2D eigenvalue weighted by Crippen LogP contribution is 2.43. The quantitative estimate of drug-likeness (QED) is 0.0141. The molecule has 0 aromatic heterocycles. The predicted molar refractivity (Wildman–Crippen MR) is 563 cm³/mol. The van der Waals surface area contributed by atoms with Gasteiger partial charge in [0, 0.05) is 123 Å². The SMILES string of the molecule is CO[C@H]1C[C@@H]2CC[C@@H](C)[C@@](O)(O2)C(=O)C(=O)N2CCCC[C@H]2C(=O)O[C@H]([C@@H](C)C[C@H]2CC[C@@H](OCCOCC(=O)O)[C@H](OC)C2)CC(=O)[C@H](C)/C=C(\C)[C@@H](O)[C@@H](C)C(=O)[C@H](C)C[C@H](C)/C=C/C=CC=C1C.CO[C@H]1C[C@@H]2CC[C@@H](C)[C@@](O)(O2)C(=O)C(=O)N2CCCC[C@H]2C(=O)O[C@H]([C@@H](C)C[C@H]2CC[C@@H](OCCOCC(=O)OCC[Si](C)(C)C)[C@H](OC)C2)CC(=O)[C@H](C)/C=C(\C)[C@@H](O)[C@@H](C)C(=O)[C@H](C)C[C@H](C)/C=C/C=CC=C1C. The summed E-state index contributed by atoms with van der Waals surface area (Å²) in [4.78, 5) is 168. The highest BCUT2D eigenvalue weighted by molar-refractivity contribution is 6.76. The maximum Gasteiger partial charge on any atom is 0.332 e. The third-order valence-electron chi connectivity index (χ3n) is 31.8. The van der Waals surface area contributed by atoms with E-state index in [1.165, 1.54) is 9.80 Å². The van der Waals surface area contributed by atoms with E-state index in [4.69, 9.17) is 66.7 Å². The molecule has 32 nitrogen and oxygen atoms in total. The lowest BCUT2D eigenvalue weighted by Crippen LogP contribution is -2.61. The van der Waals surface area contributed by atoms with Gasteiger partial charge < -0.3 is 96.9 Å². The van der Waals surface area contributed by atoms with E-state index in [0.29, 0.717) is 133 Å². The Hall–Kier alpha value is -7.58. The van der Waals surface area contributed by atoms with Crippen molar-refractivity contribution in [2.24, 2.45) is 82.9 Å². The molecule has 6 fully saturated rings. The molecule has 6 aliphatic heterocycles. The van der Waals surface area contributed by atoms with Crippen molar-refractivity contribution in [1.29, 1.82) is 0 Å². The lowest BCUT2D eigenvalue weighted by molar-refractivity contribution is -0.265. The second-order valence-electron chi connectivity index (χ2n) is 45.2. The van der Waals surface area contributed by atoms with Gasteiger partial charge in [-0.3, -0.25) is 38.4 Å². The summed E-state index contributed by atoms with van der Waals surface area (Å²) in [7, 11) is 5.08. The van der Waals surface area contributed by atoms with Crippen LogP contribution in [0.2, 0.25) is 25.7 Å². The highest BCUT2D eigenvalue weighted by Gasteiger charge is 2.56. The number of carboxylic acid groups (broad SMARTS) is 1. The number of carbonyl (C=O) groups is 12. The molecule has 2 aliphatic carbocycles. The summed E-state index contributed by atoms with van der Waals surface area (Å²) in [5.74, 6) is -18.2. The number of rotatable bonds is 25. The van der Waals surface area contributed by atoms with Crippen LogP contribution in [0.3, 0.4) is 0 Å². The Morgan fingerprint density at radius 1 is 0.459 bits per heavy atom. The van der Waals surface area contributed by atoms with E-state index in [2.05, 4.69) is 19.6 Å². The number of carbonyl (C=O) groups excluding carboxylic acids is 11. The fraction of sp³-hybridized carbons (Fsp3) is 0.757. The molecule has 6 heterocycles. The molecule has 148 heavy (non-hydrogen) atoms. The number of ketones is 6. The van der Waals surface area contributed by atoms with E-state index in [1.807, 2.05) is 116 Å². The van der Waals surface area contributed by atoms with Gasteiger partial charge in [0.25, 0.3) is 23.4 Å². The summed E-state index contributed by atoms with van der Waals surface area (Å²) in [6.45, 7) is 36.6. The minimum atomic E-state index is -2.44. The van der Waals surface area contributed by atoms with Crippen LogP contribution in [0, 0.1) is 82.9 Å². The number of nitrogens with zero attached hydrogens (tertiary/aromatic N) is 2. The normalized spacial score (nSPS) is 35.9. The number of piperidine rings is 2. The van der Waals surface area contributed by atoms with E-state index in [9.17, 15) is 78.0 Å². The number of aliphatic hydroxyl groups excluding tert-OH is 2. The molecule has 8 rings (SSSR count). The number of carboxylic acids is 1. The zero-order valence-corrected chi connectivity index (χ0v) is 94.0.